The summed E-state index contributed by atoms with van der Waals surface area (Å²) >= 11 is 1.30. The summed E-state index contributed by atoms with van der Waals surface area (Å²) in [6.07, 6.45) is 0. The Balaban J connectivity index is 2.02. The summed E-state index contributed by atoms with van der Waals surface area (Å²) in [5.41, 5.74) is 0.546. The van der Waals surface area contributed by atoms with Crippen LogP contribution in [0.4, 0.5) is 5.69 Å². The van der Waals surface area contributed by atoms with Crippen LogP contribution in [0.3, 0.4) is 0 Å². The van der Waals surface area contributed by atoms with Crippen LogP contribution < -0.4 is 0 Å². The molecule has 120 valence electrons. The number of para-hydroxylation sites is 1. The Morgan fingerprint density at radius 1 is 1.26 bits per heavy atom. The van der Waals surface area contributed by atoms with E-state index >= 15 is 0 Å². The monoisotopic (exact) mass is 332 g/mol. The van der Waals surface area contributed by atoms with Gasteiger partial charge in [0.25, 0.3) is 5.69 Å². The van der Waals surface area contributed by atoms with Gasteiger partial charge in [0, 0.05) is 6.07 Å². The second-order valence-electron chi connectivity index (χ2n) is 4.95. The molecule has 0 fully saturated rings. The first kappa shape index (κ1) is 15.5. The maximum absolute atomic E-state index is 11.2. The summed E-state index contributed by atoms with van der Waals surface area (Å²) in [7, 11) is 0. The Hall–Kier alpha value is -2.39. The van der Waals surface area contributed by atoms with Crippen LogP contribution in [0.15, 0.2) is 24.3 Å². The number of hydrogen-bond donors (Lipinski definition) is 0. The van der Waals surface area contributed by atoms with Gasteiger partial charge in [-0.25, -0.2) is 0 Å². The van der Waals surface area contributed by atoms with Crippen molar-refractivity contribution in [3.63, 3.8) is 0 Å². The number of nitrogens with zero attached hydrogens (tertiary/aromatic N) is 6. The third-order valence-electron chi connectivity index (χ3n) is 3.65. The lowest BCUT2D eigenvalue weighted by atomic mass is 10.2. The van der Waals surface area contributed by atoms with Crippen molar-refractivity contribution in [3.8, 4) is 10.6 Å². The van der Waals surface area contributed by atoms with Crippen molar-refractivity contribution in [1.29, 1.82) is 0 Å². The number of benzene rings is 1. The second-order valence-corrected chi connectivity index (χ2v) is 5.91. The van der Waals surface area contributed by atoms with E-state index in [4.69, 9.17) is 0 Å². The van der Waals surface area contributed by atoms with Gasteiger partial charge in [-0.3, -0.25) is 15.0 Å². The molecule has 2 heterocycles. The van der Waals surface area contributed by atoms with E-state index < -0.39 is 4.92 Å². The van der Waals surface area contributed by atoms with Crippen LogP contribution in [0, 0.1) is 10.1 Å². The van der Waals surface area contributed by atoms with Crippen molar-refractivity contribution in [1.82, 2.24) is 24.7 Å². The average molecular weight is 332 g/mol. The average Bonchev–Trinajstić information content (AvgIpc) is 3.13. The molecule has 0 N–H and O–H groups in total. The molecule has 0 aliphatic carbocycles. The predicted octanol–water partition coefficient (Wildman–Crippen LogP) is 2.60. The SMILES string of the molecule is CCN(CC)Cc1nnc2sc(-c3ccccc3[N+](=O)[O-])nn12. The summed E-state index contributed by atoms with van der Waals surface area (Å²) in [6, 6.07) is 6.59. The molecule has 3 aromatic rings. The zero-order valence-corrected chi connectivity index (χ0v) is 13.7. The number of rotatable bonds is 6. The molecule has 0 aliphatic heterocycles. The molecule has 0 amide bonds. The minimum absolute atomic E-state index is 0.0442. The van der Waals surface area contributed by atoms with Gasteiger partial charge in [-0.15, -0.1) is 10.2 Å². The normalized spacial score (nSPS) is 11.4. The lowest BCUT2D eigenvalue weighted by Gasteiger charge is -2.15. The van der Waals surface area contributed by atoms with Crippen LogP contribution in [-0.4, -0.2) is 42.7 Å². The molecule has 0 bridgehead atoms. The number of aromatic nitrogens is 4. The van der Waals surface area contributed by atoms with Gasteiger partial charge < -0.3 is 0 Å². The van der Waals surface area contributed by atoms with Gasteiger partial charge in [-0.1, -0.05) is 37.3 Å². The zero-order chi connectivity index (χ0) is 16.4. The molecular weight excluding hydrogens is 316 g/mol. The number of nitro groups is 1. The first-order chi connectivity index (χ1) is 11.1. The zero-order valence-electron chi connectivity index (χ0n) is 12.8. The predicted molar refractivity (Wildman–Crippen MR) is 87.4 cm³/mol. The van der Waals surface area contributed by atoms with Crippen LogP contribution in [-0.2, 0) is 6.54 Å². The number of hydrogen-bond acceptors (Lipinski definition) is 7. The maximum Gasteiger partial charge on any atom is 0.279 e. The standard InChI is InChI=1S/C14H16N6O2S/c1-3-18(4-2)9-12-15-16-14-19(12)17-13(23-14)10-7-5-6-8-11(10)20(21)22/h5-8H,3-4,9H2,1-2H3. The molecule has 23 heavy (non-hydrogen) atoms. The highest BCUT2D eigenvalue weighted by atomic mass is 32.1. The van der Waals surface area contributed by atoms with E-state index in [0.717, 1.165) is 18.9 Å². The largest absolute Gasteiger partial charge is 0.296 e. The molecule has 9 heteroatoms. The van der Waals surface area contributed by atoms with Gasteiger partial charge in [0.15, 0.2) is 10.8 Å². The smallest absolute Gasteiger partial charge is 0.279 e. The van der Waals surface area contributed by atoms with Gasteiger partial charge in [0.05, 0.1) is 17.0 Å². The third kappa shape index (κ3) is 2.92. The summed E-state index contributed by atoms with van der Waals surface area (Å²) in [6.45, 7) is 6.64. The van der Waals surface area contributed by atoms with E-state index in [2.05, 4.69) is 34.0 Å². The van der Waals surface area contributed by atoms with E-state index in [1.165, 1.54) is 17.4 Å². The minimum atomic E-state index is -0.394. The van der Waals surface area contributed by atoms with E-state index in [9.17, 15) is 10.1 Å². The summed E-state index contributed by atoms with van der Waals surface area (Å²) in [5, 5.41) is 24.5. The van der Waals surface area contributed by atoms with Gasteiger partial charge in [0.1, 0.15) is 0 Å². The second kappa shape index (κ2) is 6.39. The lowest BCUT2D eigenvalue weighted by molar-refractivity contribution is -0.384. The van der Waals surface area contributed by atoms with Crippen LogP contribution >= 0.6 is 11.3 Å². The fraction of sp³-hybridized carbons (Fsp3) is 0.357. The minimum Gasteiger partial charge on any atom is -0.296 e. The molecule has 8 nitrogen and oxygen atoms in total. The Labute approximate surface area is 136 Å². The van der Waals surface area contributed by atoms with Crippen LogP contribution in [0.25, 0.3) is 15.5 Å². The highest BCUT2D eigenvalue weighted by Gasteiger charge is 2.20. The van der Waals surface area contributed by atoms with Crippen LogP contribution in [0.1, 0.15) is 19.7 Å². The molecule has 2 aromatic heterocycles. The van der Waals surface area contributed by atoms with Gasteiger partial charge in [-0.2, -0.15) is 9.61 Å². The quantitative estimate of drug-likeness (QED) is 0.509. The summed E-state index contributed by atoms with van der Waals surface area (Å²) in [4.78, 5) is 13.6. The van der Waals surface area contributed by atoms with Gasteiger partial charge in [-0.05, 0) is 19.2 Å². The number of fused-ring (bicyclic) bond motifs is 1. The van der Waals surface area contributed by atoms with Gasteiger partial charge in [0.2, 0.25) is 4.96 Å². The Bertz CT molecular complexity index is 839. The van der Waals surface area contributed by atoms with Crippen LogP contribution in [0.2, 0.25) is 0 Å². The number of nitro benzene ring substituents is 1. The first-order valence-corrected chi connectivity index (χ1v) is 8.13. The highest BCUT2D eigenvalue weighted by molar-refractivity contribution is 7.19. The molecule has 0 spiro atoms. The Morgan fingerprint density at radius 3 is 2.70 bits per heavy atom. The van der Waals surface area contributed by atoms with Crippen molar-refractivity contribution < 1.29 is 4.92 Å². The molecule has 0 saturated heterocycles. The summed E-state index contributed by atoms with van der Waals surface area (Å²) in [5.74, 6) is 0.741. The maximum atomic E-state index is 11.2. The van der Waals surface area contributed by atoms with Crippen LogP contribution in [0.5, 0.6) is 0 Å². The van der Waals surface area contributed by atoms with Crippen molar-refractivity contribution in [2.45, 2.75) is 20.4 Å². The molecule has 0 atom stereocenters. The highest BCUT2D eigenvalue weighted by Crippen LogP contribution is 2.32. The van der Waals surface area contributed by atoms with Crippen molar-refractivity contribution in [2.75, 3.05) is 13.1 Å². The van der Waals surface area contributed by atoms with E-state index in [-0.39, 0.29) is 5.69 Å². The van der Waals surface area contributed by atoms with Gasteiger partial charge >= 0.3 is 0 Å². The molecule has 0 saturated carbocycles. The Kier molecular flexibility index (Phi) is 4.30. The molecular formula is C14H16N6O2S. The van der Waals surface area contributed by atoms with E-state index in [0.29, 0.717) is 22.1 Å². The topological polar surface area (TPSA) is 89.5 Å². The third-order valence-corrected chi connectivity index (χ3v) is 4.58. The fourth-order valence-electron chi connectivity index (χ4n) is 2.33. The molecule has 0 unspecified atom stereocenters. The lowest BCUT2D eigenvalue weighted by Crippen LogP contribution is -2.23. The van der Waals surface area contributed by atoms with Crippen molar-refractivity contribution >= 4 is 22.0 Å². The van der Waals surface area contributed by atoms with Crippen molar-refractivity contribution in [2.24, 2.45) is 0 Å². The van der Waals surface area contributed by atoms with Crippen molar-refractivity contribution in [3.05, 3.63) is 40.2 Å². The van der Waals surface area contributed by atoms with E-state index in [1.807, 2.05) is 0 Å². The molecule has 3 rings (SSSR count). The van der Waals surface area contributed by atoms with E-state index in [1.54, 1.807) is 22.7 Å². The summed E-state index contributed by atoms with van der Waals surface area (Å²) < 4.78 is 1.68. The fourth-order valence-corrected chi connectivity index (χ4v) is 3.22. The molecule has 0 aliphatic rings. The Morgan fingerprint density at radius 2 is 2.00 bits per heavy atom. The molecule has 0 radical (unpaired) electrons. The first-order valence-electron chi connectivity index (χ1n) is 7.31. The molecule has 1 aromatic carbocycles.